The number of piperazine rings is 1. The van der Waals surface area contributed by atoms with Crippen LogP contribution in [0, 0.1) is 0 Å². The maximum atomic E-state index is 11.1. The zero-order valence-corrected chi connectivity index (χ0v) is 10.7. The third-order valence-electron chi connectivity index (χ3n) is 3.47. The van der Waals surface area contributed by atoms with E-state index in [0.29, 0.717) is 11.3 Å². The highest BCUT2D eigenvalue weighted by Gasteiger charge is 2.17. The summed E-state index contributed by atoms with van der Waals surface area (Å²) in [5, 5.41) is 0. The number of hydrogen-bond acceptors (Lipinski definition) is 4. The second kappa shape index (κ2) is 5.27. The van der Waals surface area contributed by atoms with Crippen LogP contribution in [0.2, 0.25) is 0 Å². The number of carbonyl (C=O) groups excluding carboxylic acids is 1. The average Bonchev–Trinajstić information content (AvgIpc) is 2.38. The molecule has 0 spiro atoms. The van der Waals surface area contributed by atoms with E-state index in [0.717, 1.165) is 38.4 Å². The van der Waals surface area contributed by atoms with Crippen LogP contribution in [0.1, 0.15) is 17.3 Å². The van der Waals surface area contributed by atoms with E-state index >= 15 is 0 Å². The standard InChI is InChI=1S/C13H20N4O/c1-2-16-5-7-17(8-6-16)12-4-3-10(13(15)18)9-11(12)14/h3-4,9H,2,5-8,14H2,1H3,(H2,15,18). The van der Waals surface area contributed by atoms with Crippen LogP contribution in [0.15, 0.2) is 18.2 Å². The molecule has 0 saturated carbocycles. The maximum absolute atomic E-state index is 11.1. The van der Waals surface area contributed by atoms with Gasteiger partial charge < -0.3 is 21.3 Å². The van der Waals surface area contributed by atoms with Gasteiger partial charge in [-0.05, 0) is 24.7 Å². The van der Waals surface area contributed by atoms with Crippen molar-refractivity contribution in [2.24, 2.45) is 5.73 Å². The average molecular weight is 248 g/mol. The first-order chi connectivity index (χ1) is 8.61. The van der Waals surface area contributed by atoms with Crippen molar-refractivity contribution in [3.63, 3.8) is 0 Å². The summed E-state index contributed by atoms with van der Waals surface area (Å²) in [6, 6.07) is 5.28. The quantitative estimate of drug-likeness (QED) is 0.764. The molecule has 5 heteroatoms. The zero-order valence-electron chi connectivity index (χ0n) is 10.7. The molecule has 1 aromatic carbocycles. The van der Waals surface area contributed by atoms with Crippen molar-refractivity contribution < 1.29 is 4.79 Å². The molecule has 18 heavy (non-hydrogen) atoms. The third kappa shape index (κ3) is 2.56. The fourth-order valence-electron chi connectivity index (χ4n) is 2.30. The van der Waals surface area contributed by atoms with Gasteiger partial charge in [0.25, 0.3) is 0 Å². The zero-order chi connectivity index (χ0) is 13.1. The second-order valence-electron chi connectivity index (χ2n) is 4.56. The molecule has 0 radical (unpaired) electrons. The Labute approximate surface area is 107 Å². The van der Waals surface area contributed by atoms with Crippen LogP contribution in [-0.4, -0.2) is 43.5 Å². The number of likely N-dealkylation sites (N-methyl/N-ethyl adjacent to an activating group) is 1. The summed E-state index contributed by atoms with van der Waals surface area (Å²) in [5.41, 5.74) is 13.3. The van der Waals surface area contributed by atoms with Crippen molar-refractivity contribution in [3.8, 4) is 0 Å². The molecule has 0 unspecified atom stereocenters. The van der Waals surface area contributed by atoms with E-state index in [9.17, 15) is 4.79 Å². The normalized spacial score (nSPS) is 16.8. The Balaban J connectivity index is 2.12. The van der Waals surface area contributed by atoms with Gasteiger partial charge in [-0.25, -0.2) is 0 Å². The minimum atomic E-state index is -0.441. The molecular formula is C13H20N4O. The maximum Gasteiger partial charge on any atom is 0.248 e. The second-order valence-corrected chi connectivity index (χ2v) is 4.56. The van der Waals surface area contributed by atoms with Crippen molar-refractivity contribution in [1.29, 1.82) is 0 Å². The molecule has 1 saturated heterocycles. The smallest absolute Gasteiger partial charge is 0.248 e. The van der Waals surface area contributed by atoms with Gasteiger partial charge in [0.15, 0.2) is 0 Å². The van der Waals surface area contributed by atoms with Gasteiger partial charge in [0.1, 0.15) is 0 Å². The first kappa shape index (κ1) is 12.7. The lowest BCUT2D eigenvalue weighted by Gasteiger charge is -2.36. The van der Waals surface area contributed by atoms with E-state index < -0.39 is 5.91 Å². The van der Waals surface area contributed by atoms with E-state index in [4.69, 9.17) is 11.5 Å². The number of rotatable bonds is 3. The Kier molecular flexibility index (Phi) is 3.72. The van der Waals surface area contributed by atoms with Crippen LogP contribution in [0.4, 0.5) is 11.4 Å². The van der Waals surface area contributed by atoms with Crippen LogP contribution < -0.4 is 16.4 Å². The lowest BCUT2D eigenvalue weighted by molar-refractivity contribution is 0.100. The summed E-state index contributed by atoms with van der Waals surface area (Å²) < 4.78 is 0. The Bertz CT molecular complexity index is 439. The van der Waals surface area contributed by atoms with Crippen LogP contribution in [0.25, 0.3) is 0 Å². The molecular weight excluding hydrogens is 228 g/mol. The van der Waals surface area contributed by atoms with Crippen molar-refractivity contribution >= 4 is 17.3 Å². The lowest BCUT2D eigenvalue weighted by atomic mass is 10.1. The highest BCUT2D eigenvalue weighted by Crippen LogP contribution is 2.25. The molecule has 5 nitrogen and oxygen atoms in total. The van der Waals surface area contributed by atoms with E-state index in [-0.39, 0.29) is 0 Å². The summed E-state index contributed by atoms with van der Waals surface area (Å²) in [5.74, 6) is -0.441. The number of nitrogen functional groups attached to an aromatic ring is 1. The van der Waals surface area contributed by atoms with Crippen molar-refractivity contribution in [1.82, 2.24) is 4.90 Å². The van der Waals surface area contributed by atoms with Crippen molar-refractivity contribution in [2.75, 3.05) is 43.4 Å². The van der Waals surface area contributed by atoms with Crippen LogP contribution in [-0.2, 0) is 0 Å². The van der Waals surface area contributed by atoms with E-state index in [1.54, 1.807) is 12.1 Å². The van der Waals surface area contributed by atoms with Gasteiger partial charge in [0.2, 0.25) is 5.91 Å². The first-order valence-electron chi connectivity index (χ1n) is 6.28. The number of amides is 1. The Morgan fingerprint density at radius 2 is 1.94 bits per heavy atom. The summed E-state index contributed by atoms with van der Waals surface area (Å²) in [6.07, 6.45) is 0. The Hall–Kier alpha value is -1.75. The molecule has 0 aliphatic carbocycles. The number of carbonyl (C=O) groups is 1. The number of anilines is 2. The highest BCUT2D eigenvalue weighted by atomic mass is 16.1. The fraction of sp³-hybridized carbons (Fsp3) is 0.462. The van der Waals surface area contributed by atoms with E-state index in [1.165, 1.54) is 0 Å². The molecule has 0 atom stereocenters. The van der Waals surface area contributed by atoms with Gasteiger partial charge in [-0.2, -0.15) is 0 Å². The molecule has 2 rings (SSSR count). The highest BCUT2D eigenvalue weighted by molar-refractivity contribution is 5.94. The van der Waals surface area contributed by atoms with E-state index in [1.807, 2.05) is 6.07 Å². The Morgan fingerprint density at radius 3 is 2.44 bits per heavy atom. The number of primary amides is 1. The minimum Gasteiger partial charge on any atom is -0.397 e. The van der Waals surface area contributed by atoms with Gasteiger partial charge in [-0.1, -0.05) is 6.92 Å². The van der Waals surface area contributed by atoms with E-state index in [2.05, 4.69) is 16.7 Å². The Morgan fingerprint density at radius 1 is 1.28 bits per heavy atom. The molecule has 1 fully saturated rings. The summed E-state index contributed by atoms with van der Waals surface area (Å²) in [6.45, 7) is 7.29. The van der Waals surface area contributed by atoms with Gasteiger partial charge in [-0.15, -0.1) is 0 Å². The summed E-state index contributed by atoms with van der Waals surface area (Å²) in [4.78, 5) is 15.7. The number of benzene rings is 1. The SMILES string of the molecule is CCN1CCN(c2ccc(C(N)=O)cc2N)CC1. The molecule has 98 valence electrons. The first-order valence-corrected chi connectivity index (χ1v) is 6.28. The predicted molar refractivity (Wildman–Crippen MR) is 73.7 cm³/mol. The number of nitrogens with two attached hydrogens (primary N) is 2. The summed E-state index contributed by atoms with van der Waals surface area (Å²) in [7, 11) is 0. The van der Waals surface area contributed by atoms with Gasteiger partial charge in [0.05, 0.1) is 11.4 Å². The molecule has 0 bridgehead atoms. The lowest BCUT2D eigenvalue weighted by Crippen LogP contribution is -2.46. The predicted octanol–water partition coefficient (Wildman–Crippen LogP) is 0.510. The molecule has 1 aromatic rings. The van der Waals surface area contributed by atoms with Crippen LogP contribution in [0.5, 0.6) is 0 Å². The molecule has 1 aliphatic heterocycles. The molecule has 1 aliphatic rings. The van der Waals surface area contributed by atoms with Gasteiger partial charge in [-0.3, -0.25) is 4.79 Å². The fourth-order valence-corrected chi connectivity index (χ4v) is 2.30. The summed E-state index contributed by atoms with van der Waals surface area (Å²) >= 11 is 0. The minimum absolute atomic E-state index is 0.441. The number of hydrogen-bond donors (Lipinski definition) is 2. The van der Waals surface area contributed by atoms with Gasteiger partial charge >= 0.3 is 0 Å². The molecule has 1 heterocycles. The van der Waals surface area contributed by atoms with Crippen molar-refractivity contribution in [3.05, 3.63) is 23.8 Å². The van der Waals surface area contributed by atoms with Crippen molar-refractivity contribution in [2.45, 2.75) is 6.92 Å². The molecule has 1 amide bonds. The molecule has 0 aromatic heterocycles. The third-order valence-corrected chi connectivity index (χ3v) is 3.47. The van der Waals surface area contributed by atoms with Gasteiger partial charge in [0, 0.05) is 31.7 Å². The molecule has 4 N–H and O–H groups in total. The topological polar surface area (TPSA) is 75.6 Å². The largest absolute Gasteiger partial charge is 0.397 e. The number of nitrogens with zero attached hydrogens (tertiary/aromatic N) is 2. The van der Waals surface area contributed by atoms with Crippen LogP contribution in [0.3, 0.4) is 0 Å². The monoisotopic (exact) mass is 248 g/mol. The van der Waals surface area contributed by atoms with Crippen LogP contribution >= 0.6 is 0 Å².